The summed E-state index contributed by atoms with van der Waals surface area (Å²) in [5.74, 6) is 0.857. The molecular formula is C10H16ClNO2. The highest BCUT2D eigenvalue weighted by Crippen LogP contribution is 2.26. The van der Waals surface area contributed by atoms with Gasteiger partial charge in [0.2, 0.25) is 0 Å². The van der Waals surface area contributed by atoms with E-state index < -0.39 is 0 Å². The Morgan fingerprint density at radius 2 is 2.29 bits per heavy atom. The van der Waals surface area contributed by atoms with Crippen molar-refractivity contribution in [3.8, 4) is 0 Å². The number of hydrogen-bond donors (Lipinski definition) is 1. The van der Waals surface area contributed by atoms with Crippen LogP contribution in [-0.4, -0.2) is 13.2 Å². The molecule has 1 aromatic rings. The van der Waals surface area contributed by atoms with E-state index in [1.807, 2.05) is 12.1 Å². The van der Waals surface area contributed by atoms with Crippen molar-refractivity contribution in [3.05, 3.63) is 24.2 Å². The average Bonchev–Trinajstić information content (AvgIpc) is 2.56. The standard InChI is InChI=1S/C10H15NO2.ClH/c1-10(2)6-11-9(13-7-10)8-4-3-5-12-8;/h3-5,9,11H,6-7H2,1-2H3;1H. The molecule has 2 rings (SSSR count). The Bertz CT molecular complexity index is 262. The van der Waals surface area contributed by atoms with Gasteiger partial charge in [0.1, 0.15) is 5.76 Å². The van der Waals surface area contributed by atoms with Gasteiger partial charge < -0.3 is 9.15 Å². The van der Waals surface area contributed by atoms with Gasteiger partial charge in [-0.1, -0.05) is 13.8 Å². The fourth-order valence-corrected chi connectivity index (χ4v) is 1.41. The minimum Gasteiger partial charge on any atom is -0.465 e. The molecule has 0 spiro atoms. The Kier molecular flexibility index (Phi) is 3.59. The van der Waals surface area contributed by atoms with Gasteiger partial charge in [0.15, 0.2) is 6.23 Å². The van der Waals surface area contributed by atoms with Gasteiger partial charge in [-0.15, -0.1) is 12.4 Å². The molecule has 1 unspecified atom stereocenters. The second-order valence-corrected chi connectivity index (χ2v) is 4.25. The zero-order valence-corrected chi connectivity index (χ0v) is 9.26. The van der Waals surface area contributed by atoms with Crippen molar-refractivity contribution in [1.82, 2.24) is 5.32 Å². The van der Waals surface area contributed by atoms with E-state index in [9.17, 15) is 0 Å². The van der Waals surface area contributed by atoms with Crippen molar-refractivity contribution in [2.24, 2.45) is 5.41 Å². The molecule has 3 nitrogen and oxygen atoms in total. The van der Waals surface area contributed by atoms with E-state index in [2.05, 4.69) is 19.2 Å². The summed E-state index contributed by atoms with van der Waals surface area (Å²) in [5, 5.41) is 3.30. The summed E-state index contributed by atoms with van der Waals surface area (Å²) in [6.45, 7) is 6.08. The zero-order valence-electron chi connectivity index (χ0n) is 8.45. The molecular weight excluding hydrogens is 202 g/mol. The average molecular weight is 218 g/mol. The zero-order chi connectivity index (χ0) is 9.31. The monoisotopic (exact) mass is 217 g/mol. The van der Waals surface area contributed by atoms with Gasteiger partial charge in [0.25, 0.3) is 0 Å². The van der Waals surface area contributed by atoms with Crippen molar-refractivity contribution in [1.29, 1.82) is 0 Å². The molecule has 0 amide bonds. The van der Waals surface area contributed by atoms with Gasteiger partial charge in [-0.3, -0.25) is 5.32 Å². The van der Waals surface area contributed by atoms with Crippen LogP contribution in [0.4, 0.5) is 0 Å². The molecule has 4 heteroatoms. The molecule has 2 heterocycles. The molecule has 1 aliphatic heterocycles. The molecule has 0 aliphatic carbocycles. The van der Waals surface area contributed by atoms with Crippen LogP contribution >= 0.6 is 12.4 Å². The van der Waals surface area contributed by atoms with Gasteiger partial charge in [0.05, 0.1) is 12.9 Å². The fraction of sp³-hybridized carbons (Fsp3) is 0.600. The van der Waals surface area contributed by atoms with E-state index in [0.29, 0.717) is 0 Å². The summed E-state index contributed by atoms with van der Waals surface area (Å²) in [5.41, 5.74) is 0.225. The number of ether oxygens (including phenoxy) is 1. The highest BCUT2D eigenvalue weighted by atomic mass is 35.5. The van der Waals surface area contributed by atoms with Gasteiger partial charge >= 0.3 is 0 Å². The lowest BCUT2D eigenvalue weighted by Crippen LogP contribution is -2.42. The van der Waals surface area contributed by atoms with Crippen LogP contribution < -0.4 is 5.32 Å². The summed E-state index contributed by atoms with van der Waals surface area (Å²) in [6.07, 6.45) is 1.60. The number of rotatable bonds is 1. The topological polar surface area (TPSA) is 34.4 Å². The Morgan fingerprint density at radius 1 is 1.50 bits per heavy atom. The SMILES string of the molecule is CC1(C)CNC(c2ccco2)OC1.Cl. The highest BCUT2D eigenvalue weighted by Gasteiger charge is 2.28. The van der Waals surface area contributed by atoms with Crippen molar-refractivity contribution < 1.29 is 9.15 Å². The molecule has 0 radical (unpaired) electrons. The van der Waals surface area contributed by atoms with Crippen molar-refractivity contribution in [3.63, 3.8) is 0 Å². The molecule has 1 saturated heterocycles. The molecule has 0 saturated carbocycles. The van der Waals surface area contributed by atoms with Gasteiger partial charge in [-0.2, -0.15) is 0 Å². The van der Waals surface area contributed by atoms with Crippen LogP contribution in [0.3, 0.4) is 0 Å². The normalized spacial score (nSPS) is 25.4. The van der Waals surface area contributed by atoms with Crippen LogP contribution in [0.25, 0.3) is 0 Å². The van der Waals surface area contributed by atoms with Crippen molar-refractivity contribution >= 4 is 12.4 Å². The lowest BCUT2D eigenvalue weighted by Gasteiger charge is -2.34. The van der Waals surface area contributed by atoms with Crippen LogP contribution in [-0.2, 0) is 4.74 Å². The maximum atomic E-state index is 5.63. The van der Waals surface area contributed by atoms with Crippen LogP contribution in [0.15, 0.2) is 22.8 Å². The molecule has 0 aromatic carbocycles. The third-order valence-electron chi connectivity index (χ3n) is 2.21. The molecule has 1 fully saturated rings. The van der Waals surface area contributed by atoms with Crippen molar-refractivity contribution in [2.75, 3.05) is 13.2 Å². The first-order valence-corrected chi connectivity index (χ1v) is 4.56. The molecule has 80 valence electrons. The fourth-order valence-electron chi connectivity index (χ4n) is 1.41. The van der Waals surface area contributed by atoms with E-state index in [-0.39, 0.29) is 24.0 Å². The minimum atomic E-state index is -0.0666. The smallest absolute Gasteiger partial charge is 0.167 e. The molecule has 0 bridgehead atoms. The molecule has 1 aliphatic rings. The van der Waals surface area contributed by atoms with Gasteiger partial charge in [-0.25, -0.2) is 0 Å². The maximum Gasteiger partial charge on any atom is 0.167 e. The predicted octanol–water partition coefficient (Wildman–Crippen LogP) is 2.35. The Labute approximate surface area is 90.2 Å². The van der Waals surface area contributed by atoms with Crippen LogP contribution in [0, 0.1) is 5.41 Å². The number of hydrogen-bond acceptors (Lipinski definition) is 3. The Hall–Kier alpha value is -0.510. The van der Waals surface area contributed by atoms with E-state index in [4.69, 9.17) is 9.15 Å². The largest absolute Gasteiger partial charge is 0.465 e. The molecule has 1 atom stereocenters. The second-order valence-electron chi connectivity index (χ2n) is 4.25. The van der Waals surface area contributed by atoms with Crippen LogP contribution in [0.5, 0.6) is 0 Å². The summed E-state index contributed by atoms with van der Waals surface area (Å²) in [4.78, 5) is 0. The summed E-state index contributed by atoms with van der Waals surface area (Å²) >= 11 is 0. The number of halogens is 1. The van der Waals surface area contributed by atoms with E-state index in [1.54, 1.807) is 6.26 Å². The van der Waals surface area contributed by atoms with E-state index in [1.165, 1.54) is 0 Å². The summed E-state index contributed by atoms with van der Waals surface area (Å²) in [6, 6.07) is 3.80. The third-order valence-corrected chi connectivity index (χ3v) is 2.21. The third kappa shape index (κ3) is 2.50. The Morgan fingerprint density at radius 3 is 2.79 bits per heavy atom. The van der Waals surface area contributed by atoms with Crippen LogP contribution in [0.1, 0.15) is 25.8 Å². The predicted molar refractivity (Wildman–Crippen MR) is 56.4 cm³/mol. The van der Waals surface area contributed by atoms with E-state index >= 15 is 0 Å². The second kappa shape index (κ2) is 4.34. The first-order valence-electron chi connectivity index (χ1n) is 4.56. The highest BCUT2D eigenvalue weighted by molar-refractivity contribution is 5.85. The quantitative estimate of drug-likeness (QED) is 0.784. The maximum absolute atomic E-state index is 5.63. The van der Waals surface area contributed by atoms with Gasteiger partial charge in [-0.05, 0) is 12.1 Å². The summed E-state index contributed by atoms with van der Waals surface area (Å²) in [7, 11) is 0. The lowest BCUT2D eigenvalue weighted by molar-refractivity contribution is -0.0687. The lowest BCUT2D eigenvalue weighted by atomic mass is 9.93. The molecule has 1 N–H and O–H groups in total. The number of nitrogens with one attached hydrogen (secondary N) is 1. The first-order chi connectivity index (χ1) is 6.17. The molecule has 14 heavy (non-hydrogen) atoms. The Balaban J connectivity index is 0.000000980. The van der Waals surface area contributed by atoms with E-state index in [0.717, 1.165) is 18.9 Å². The number of furan rings is 1. The molecule has 1 aromatic heterocycles. The van der Waals surface area contributed by atoms with Gasteiger partial charge in [0, 0.05) is 12.0 Å². The first kappa shape index (κ1) is 11.6. The minimum absolute atomic E-state index is 0. The van der Waals surface area contributed by atoms with Crippen molar-refractivity contribution in [2.45, 2.75) is 20.1 Å². The summed E-state index contributed by atoms with van der Waals surface area (Å²) < 4.78 is 10.9. The van der Waals surface area contributed by atoms with Crippen LogP contribution in [0.2, 0.25) is 0 Å².